The third kappa shape index (κ3) is 6.81. The van der Waals surface area contributed by atoms with Gasteiger partial charge in [-0.25, -0.2) is 4.79 Å². The molecule has 0 unspecified atom stereocenters. The molecule has 0 bridgehead atoms. The Morgan fingerprint density at radius 2 is 1.67 bits per heavy atom. The van der Waals surface area contributed by atoms with Gasteiger partial charge in [-0.1, -0.05) is 19.3 Å². The number of rotatable bonds is 1. The second kappa shape index (κ2) is 8.32. The van der Waals surface area contributed by atoms with Crippen molar-refractivity contribution in [2.45, 2.75) is 57.1 Å². The maximum absolute atomic E-state index is 10.2. The largest absolute Gasteiger partial charge is 0.465 e. The van der Waals surface area contributed by atoms with Gasteiger partial charge in [0.25, 0.3) is 0 Å². The molecule has 0 radical (unpaired) electrons. The van der Waals surface area contributed by atoms with E-state index >= 15 is 0 Å². The molecule has 106 valence electrons. The van der Waals surface area contributed by atoms with Crippen molar-refractivity contribution >= 4 is 6.09 Å². The fourth-order valence-electron chi connectivity index (χ4n) is 2.41. The van der Waals surface area contributed by atoms with Crippen LogP contribution < -0.4 is 5.32 Å². The highest BCUT2D eigenvalue weighted by Gasteiger charge is 2.17. The van der Waals surface area contributed by atoms with E-state index in [-0.39, 0.29) is 12.1 Å². The van der Waals surface area contributed by atoms with E-state index < -0.39 is 6.09 Å². The molecule has 1 saturated heterocycles. The summed E-state index contributed by atoms with van der Waals surface area (Å²) in [5.41, 5.74) is 0. The average Bonchev–Trinajstić information content (AvgIpc) is 2.33. The van der Waals surface area contributed by atoms with Crippen molar-refractivity contribution in [2.24, 2.45) is 0 Å². The maximum Gasteiger partial charge on any atom is 0.404 e. The summed E-state index contributed by atoms with van der Waals surface area (Å²) in [5, 5.41) is 19.8. The lowest BCUT2D eigenvalue weighted by atomic mass is 9.98. The van der Waals surface area contributed by atoms with Crippen LogP contribution in [0.3, 0.4) is 0 Å². The highest BCUT2D eigenvalue weighted by molar-refractivity contribution is 5.64. The van der Waals surface area contributed by atoms with Gasteiger partial charge in [-0.05, 0) is 45.8 Å². The van der Waals surface area contributed by atoms with Gasteiger partial charge in [-0.2, -0.15) is 0 Å². The number of aliphatic hydroxyl groups is 1. The smallest absolute Gasteiger partial charge is 0.404 e. The summed E-state index contributed by atoms with van der Waals surface area (Å²) in [5.74, 6) is 0. The molecule has 18 heavy (non-hydrogen) atoms. The van der Waals surface area contributed by atoms with Crippen molar-refractivity contribution in [1.82, 2.24) is 10.2 Å². The predicted molar refractivity (Wildman–Crippen MR) is 70.8 cm³/mol. The van der Waals surface area contributed by atoms with Crippen LogP contribution in [-0.4, -0.2) is 53.5 Å². The van der Waals surface area contributed by atoms with E-state index in [1.54, 1.807) is 0 Å². The minimum absolute atomic E-state index is 0.0359. The number of aliphatic hydroxyl groups excluding tert-OH is 1. The molecule has 3 N–H and O–H groups in total. The summed E-state index contributed by atoms with van der Waals surface area (Å²) < 4.78 is 0. The monoisotopic (exact) mass is 258 g/mol. The predicted octanol–water partition coefficient (Wildman–Crippen LogP) is 1.66. The zero-order chi connectivity index (χ0) is 13.4. The Kier molecular flexibility index (Phi) is 7.05. The molecule has 2 aliphatic rings. The molecule has 1 aliphatic heterocycles. The second-order valence-corrected chi connectivity index (χ2v) is 5.32. The van der Waals surface area contributed by atoms with Crippen LogP contribution in [0.5, 0.6) is 0 Å². The SMILES string of the molecule is CN1CCC(NC(=O)O)CC1.OC1CCCCC1. The molecule has 0 aromatic heterocycles. The second-order valence-electron chi connectivity index (χ2n) is 5.32. The molecular formula is C13H26N2O3. The zero-order valence-corrected chi connectivity index (χ0v) is 11.3. The highest BCUT2D eigenvalue weighted by Crippen LogP contribution is 2.16. The molecule has 2 fully saturated rings. The molecule has 1 aliphatic carbocycles. The first-order chi connectivity index (χ1) is 8.58. The molecule has 5 nitrogen and oxygen atoms in total. The van der Waals surface area contributed by atoms with Crippen molar-refractivity contribution in [3.05, 3.63) is 0 Å². The van der Waals surface area contributed by atoms with E-state index in [4.69, 9.17) is 10.2 Å². The Morgan fingerprint density at radius 3 is 2.06 bits per heavy atom. The van der Waals surface area contributed by atoms with Gasteiger partial charge in [0, 0.05) is 6.04 Å². The Balaban J connectivity index is 0.000000199. The standard InChI is InChI=1S/C7H14N2O2.C6H12O/c1-9-4-2-6(3-5-9)8-7(10)11;7-6-4-2-1-3-5-6/h6,8H,2-5H2,1H3,(H,10,11);6-7H,1-5H2. The Hall–Kier alpha value is -0.810. The van der Waals surface area contributed by atoms with E-state index in [9.17, 15) is 4.79 Å². The molecule has 0 atom stereocenters. The Bertz CT molecular complexity index is 234. The number of nitrogens with zero attached hydrogens (tertiary/aromatic N) is 1. The summed E-state index contributed by atoms with van der Waals surface area (Å²) >= 11 is 0. The van der Waals surface area contributed by atoms with Crippen LogP contribution in [0.1, 0.15) is 44.9 Å². The number of carboxylic acid groups (broad SMARTS) is 1. The van der Waals surface area contributed by atoms with Gasteiger partial charge in [-0.15, -0.1) is 0 Å². The van der Waals surface area contributed by atoms with Gasteiger partial charge in [-0.3, -0.25) is 0 Å². The fourth-order valence-corrected chi connectivity index (χ4v) is 2.41. The number of carbonyl (C=O) groups is 1. The van der Waals surface area contributed by atoms with Gasteiger partial charge in [0.2, 0.25) is 0 Å². The number of nitrogens with one attached hydrogen (secondary N) is 1. The summed E-state index contributed by atoms with van der Waals surface area (Å²) in [7, 11) is 2.05. The van der Waals surface area contributed by atoms with Gasteiger partial charge < -0.3 is 20.4 Å². The molecule has 0 spiro atoms. The normalized spacial score (nSPS) is 23.0. The van der Waals surface area contributed by atoms with E-state index in [1.807, 2.05) is 0 Å². The third-order valence-electron chi connectivity index (χ3n) is 3.62. The molecule has 0 aromatic rings. The lowest BCUT2D eigenvalue weighted by Gasteiger charge is -2.28. The molecule has 1 heterocycles. The highest BCUT2D eigenvalue weighted by atomic mass is 16.4. The van der Waals surface area contributed by atoms with Crippen LogP contribution in [0.2, 0.25) is 0 Å². The molecule has 0 aromatic carbocycles. The Morgan fingerprint density at radius 1 is 1.11 bits per heavy atom. The van der Waals surface area contributed by atoms with Gasteiger partial charge in [0.15, 0.2) is 0 Å². The van der Waals surface area contributed by atoms with Crippen LogP contribution in [0.15, 0.2) is 0 Å². The number of piperidine rings is 1. The maximum atomic E-state index is 10.2. The van der Waals surface area contributed by atoms with E-state index in [1.165, 1.54) is 19.3 Å². The van der Waals surface area contributed by atoms with Crippen LogP contribution in [0, 0.1) is 0 Å². The van der Waals surface area contributed by atoms with Crippen LogP contribution in [0.25, 0.3) is 0 Å². The van der Waals surface area contributed by atoms with Crippen LogP contribution in [-0.2, 0) is 0 Å². The lowest BCUT2D eigenvalue weighted by molar-refractivity contribution is 0.130. The zero-order valence-electron chi connectivity index (χ0n) is 11.3. The topological polar surface area (TPSA) is 72.8 Å². The fraction of sp³-hybridized carbons (Fsp3) is 0.923. The number of hydrogen-bond donors (Lipinski definition) is 3. The summed E-state index contributed by atoms with van der Waals surface area (Å²) in [6.07, 6.45) is 6.89. The molecule has 5 heteroatoms. The van der Waals surface area contributed by atoms with Crippen LogP contribution in [0.4, 0.5) is 4.79 Å². The average molecular weight is 258 g/mol. The quantitative estimate of drug-likeness (QED) is 0.669. The first-order valence-electron chi connectivity index (χ1n) is 6.94. The first-order valence-corrected chi connectivity index (χ1v) is 6.94. The van der Waals surface area contributed by atoms with Crippen molar-refractivity contribution in [3.8, 4) is 0 Å². The molecule has 2 rings (SSSR count). The minimum atomic E-state index is -0.903. The lowest BCUT2D eigenvalue weighted by Crippen LogP contribution is -2.42. The van der Waals surface area contributed by atoms with Crippen molar-refractivity contribution in [1.29, 1.82) is 0 Å². The molecule has 1 amide bonds. The summed E-state index contributed by atoms with van der Waals surface area (Å²) in [6.45, 7) is 1.98. The van der Waals surface area contributed by atoms with E-state index in [2.05, 4.69) is 17.3 Å². The third-order valence-corrected chi connectivity index (χ3v) is 3.62. The Labute approximate surface area is 109 Å². The first kappa shape index (κ1) is 15.2. The summed E-state index contributed by atoms with van der Waals surface area (Å²) in [4.78, 5) is 12.4. The van der Waals surface area contributed by atoms with E-state index in [0.717, 1.165) is 38.8 Å². The number of likely N-dealkylation sites (tertiary alicyclic amines) is 1. The number of amides is 1. The van der Waals surface area contributed by atoms with Crippen molar-refractivity contribution in [2.75, 3.05) is 20.1 Å². The van der Waals surface area contributed by atoms with Gasteiger partial charge in [0.05, 0.1) is 6.10 Å². The van der Waals surface area contributed by atoms with E-state index in [0.29, 0.717) is 0 Å². The van der Waals surface area contributed by atoms with Gasteiger partial charge >= 0.3 is 6.09 Å². The van der Waals surface area contributed by atoms with Crippen molar-refractivity contribution in [3.63, 3.8) is 0 Å². The molecular weight excluding hydrogens is 232 g/mol. The van der Waals surface area contributed by atoms with Gasteiger partial charge in [0.1, 0.15) is 0 Å². The molecule has 1 saturated carbocycles. The van der Waals surface area contributed by atoms with Crippen molar-refractivity contribution < 1.29 is 15.0 Å². The number of hydrogen-bond acceptors (Lipinski definition) is 3. The van der Waals surface area contributed by atoms with Crippen LogP contribution >= 0.6 is 0 Å². The minimum Gasteiger partial charge on any atom is -0.465 e. The summed E-state index contributed by atoms with van der Waals surface area (Å²) in [6, 6.07) is 0.170.